The molecule has 0 bridgehead atoms. The normalized spacial score (nSPS) is 26.3. The summed E-state index contributed by atoms with van der Waals surface area (Å²) in [6.45, 7) is 8.21. The fourth-order valence-electron chi connectivity index (χ4n) is 3.71. The molecular weight excluding hydrogens is 312 g/mol. The van der Waals surface area contributed by atoms with E-state index < -0.39 is 0 Å². The summed E-state index contributed by atoms with van der Waals surface area (Å²) in [5.74, 6) is 0.346. The lowest BCUT2D eigenvalue weighted by Crippen LogP contribution is -2.17. The van der Waals surface area contributed by atoms with Crippen molar-refractivity contribution in [1.29, 1.82) is 0 Å². The number of hydrogen-bond donors (Lipinski definition) is 0. The number of carbonyl (C=O) groups is 2. The minimum atomic E-state index is -0.247. The molecule has 3 atom stereocenters. The van der Waals surface area contributed by atoms with Crippen molar-refractivity contribution in [1.82, 2.24) is 0 Å². The number of fused-ring (bicyclic) bond motifs is 1. The topological polar surface area (TPSA) is 43.4 Å². The van der Waals surface area contributed by atoms with Gasteiger partial charge in [0.15, 0.2) is 5.78 Å². The van der Waals surface area contributed by atoms with Gasteiger partial charge in [-0.25, -0.2) is 4.79 Å². The van der Waals surface area contributed by atoms with E-state index in [1.54, 1.807) is 6.08 Å². The van der Waals surface area contributed by atoms with E-state index in [0.29, 0.717) is 12.0 Å². The van der Waals surface area contributed by atoms with Crippen LogP contribution in [0.25, 0.3) is 0 Å². The monoisotopic (exact) mass is 344 g/mol. The van der Waals surface area contributed by atoms with Gasteiger partial charge in [-0.1, -0.05) is 64.7 Å². The molecule has 3 unspecified atom stereocenters. The zero-order chi connectivity index (χ0) is 18.2. The number of unbranched alkanes of at least 4 members (excludes halogenated alkanes) is 5. The molecule has 25 heavy (non-hydrogen) atoms. The molecule has 1 heterocycles. The summed E-state index contributed by atoms with van der Waals surface area (Å²) in [6, 6.07) is 0. The van der Waals surface area contributed by atoms with E-state index in [0.717, 1.165) is 25.7 Å². The van der Waals surface area contributed by atoms with E-state index in [2.05, 4.69) is 26.5 Å². The Bertz CT molecular complexity index is 556. The minimum Gasteiger partial charge on any atom is -0.458 e. The van der Waals surface area contributed by atoms with Gasteiger partial charge in [0.25, 0.3) is 0 Å². The summed E-state index contributed by atoms with van der Waals surface area (Å²) in [5.41, 5.74) is 1.77. The molecule has 1 aliphatic heterocycles. The highest BCUT2D eigenvalue weighted by molar-refractivity contribution is 5.91. The van der Waals surface area contributed by atoms with Gasteiger partial charge in [-0.15, -0.1) is 0 Å². The molecule has 3 heteroatoms. The molecule has 0 aromatic rings. The Kier molecular flexibility index (Phi) is 7.67. The molecule has 0 spiro atoms. The Morgan fingerprint density at radius 3 is 2.76 bits per heavy atom. The zero-order valence-corrected chi connectivity index (χ0v) is 15.8. The molecule has 1 saturated heterocycles. The number of rotatable bonds is 9. The molecule has 1 fully saturated rings. The predicted octanol–water partition coefficient (Wildman–Crippen LogP) is 5.32. The van der Waals surface area contributed by atoms with Crippen LogP contribution in [0.1, 0.15) is 71.6 Å². The number of esters is 1. The van der Waals surface area contributed by atoms with Crippen LogP contribution in [0.15, 0.2) is 36.0 Å². The van der Waals surface area contributed by atoms with Crippen LogP contribution in [0.2, 0.25) is 0 Å². The molecule has 0 saturated carbocycles. The number of ketones is 1. The second-order valence-corrected chi connectivity index (χ2v) is 7.47. The molecule has 2 rings (SSSR count). The Hall–Kier alpha value is -1.64. The largest absolute Gasteiger partial charge is 0.458 e. The summed E-state index contributed by atoms with van der Waals surface area (Å²) in [7, 11) is 0. The highest BCUT2D eigenvalue weighted by Gasteiger charge is 2.40. The SMILES string of the molecule is C=C1C(=O)OC2CC(C)C(/C=C/C(=O)CCCCCCCC)=CCC12. The molecule has 0 radical (unpaired) electrons. The second-order valence-electron chi connectivity index (χ2n) is 7.47. The number of ether oxygens (including phenoxy) is 1. The molecule has 0 aromatic heterocycles. The van der Waals surface area contributed by atoms with Gasteiger partial charge < -0.3 is 4.74 Å². The first kappa shape index (κ1) is 19.7. The van der Waals surface area contributed by atoms with Crippen LogP contribution in [0.4, 0.5) is 0 Å². The molecule has 2 aliphatic rings. The van der Waals surface area contributed by atoms with Crippen molar-refractivity contribution in [3.63, 3.8) is 0 Å². The Balaban J connectivity index is 1.79. The van der Waals surface area contributed by atoms with Gasteiger partial charge in [-0.2, -0.15) is 0 Å². The van der Waals surface area contributed by atoms with Crippen molar-refractivity contribution in [3.8, 4) is 0 Å². The summed E-state index contributed by atoms with van der Waals surface area (Å²) >= 11 is 0. The van der Waals surface area contributed by atoms with E-state index >= 15 is 0 Å². The third-order valence-corrected chi connectivity index (χ3v) is 5.42. The van der Waals surface area contributed by atoms with E-state index in [1.807, 2.05) is 6.08 Å². The fraction of sp³-hybridized carbons (Fsp3) is 0.636. The molecule has 0 amide bonds. The Morgan fingerprint density at radius 2 is 2.00 bits per heavy atom. The predicted molar refractivity (Wildman–Crippen MR) is 101 cm³/mol. The highest BCUT2D eigenvalue weighted by Crippen LogP contribution is 2.38. The van der Waals surface area contributed by atoms with Gasteiger partial charge in [0.1, 0.15) is 6.10 Å². The van der Waals surface area contributed by atoms with Crippen molar-refractivity contribution in [2.24, 2.45) is 11.8 Å². The molecular formula is C22H32O3. The zero-order valence-electron chi connectivity index (χ0n) is 15.8. The van der Waals surface area contributed by atoms with E-state index in [1.165, 1.54) is 31.3 Å². The van der Waals surface area contributed by atoms with E-state index in [-0.39, 0.29) is 29.7 Å². The lowest BCUT2D eigenvalue weighted by molar-refractivity contribution is -0.139. The van der Waals surface area contributed by atoms with Crippen LogP contribution in [-0.2, 0) is 14.3 Å². The number of carbonyl (C=O) groups excluding carboxylic acids is 2. The van der Waals surface area contributed by atoms with E-state index in [9.17, 15) is 9.59 Å². The first-order valence-electron chi connectivity index (χ1n) is 9.83. The van der Waals surface area contributed by atoms with Crippen LogP contribution in [0, 0.1) is 11.8 Å². The molecule has 0 aromatic carbocycles. The first-order valence-corrected chi connectivity index (χ1v) is 9.83. The second kappa shape index (κ2) is 9.74. The Morgan fingerprint density at radius 1 is 1.28 bits per heavy atom. The molecule has 1 aliphatic carbocycles. The van der Waals surface area contributed by atoms with Crippen molar-refractivity contribution >= 4 is 11.8 Å². The smallest absolute Gasteiger partial charge is 0.334 e. The molecule has 0 N–H and O–H groups in total. The van der Waals surface area contributed by atoms with E-state index in [4.69, 9.17) is 4.74 Å². The lowest BCUT2D eigenvalue weighted by Gasteiger charge is -2.17. The summed E-state index contributed by atoms with van der Waals surface area (Å²) < 4.78 is 5.43. The maximum atomic E-state index is 12.1. The maximum absolute atomic E-state index is 12.1. The summed E-state index contributed by atoms with van der Waals surface area (Å²) in [4.78, 5) is 23.7. The quantitative estimate of drug-likeness (QED) is 0.323. The minimum absolute atomic E-state index is 0.0593. The van der Waals surface area contributed by atoms with Gasteiger partial charge in [-0.05, 0) is 36.8 Å². The van der Waals surface area contributed by atoms with Crippen LogP contribution in [0.5, 0.6) is 0 Å². The highest BCUT2D eigenvalue weighted by atomic mass is 16.6. The number of allylic oxidation sites excluding steroid dienone is 4. The summed E-state index contributed by atoms with van der Waals surface area (Å²) in [5, 5.41) is 0. The average Bonchev–Trinajstić information content (AvgIpc) is 2.75. The van der Waals surface area contributed by atoms with Crippen LogP contribution < -0.4 is 0 Å². The van der Waals surface area contributed by atoms with Gasteiger partial charge in [-0.3, -0.25) is 4.79 Å². The van der Waals surface area contributed by atoms with Gasteiger partial charge in [0, 0.05) is 17.9 Å². The average molecular weight is 344 g/mol. The first-order chi connectivity index (χ1) is 12.0. The Labute approximate surface area is 152 Å². The third-order valence-electron chi connectivity index (χ3n) is 5.42. The lowest BCUT2D eigenvalue weighted by atomic mass is 9.91. The molecule has 3 nitrogen and oxygen atoms in total. The van der Waals surface area contributed by atoms with Crippen molar-refractivity contribution in [3.05, 3.63) is 36.0 Å². The van der Waals surface area contributed by atoms with Crippen molar-refractivity contribution in [2.75, 3.05) is 0 Å². The maximum Gasteiger partial charge on any atom is 0.334 e. The van der Waals surface area contributed by atoms with Gasteiger partial charge in [0.2, 0.25) is 0 Å². The third kappa shape index (κ3) is 5.69. The van der Waals surface area contributed by atoms with Crippen LogP contribution >= 0.6 is 0 Å². The standard InChI is InChI=1S/C22H32O3/c1-4-5-6-7-8-9-10-19(23)13-11-18-12-14-20-17(3)22(24)25-21(20)15-16(18)2/h11-13,16,20-21H,3-10,14-15H2,1-2H3/b13-11+. The van der Waals surface area contributed by atoms with Crippen LogP contribution in [0.3, 0.4) is 0 Å². The van der Waals surface area contributed by atoms with Crippen LogP contribution in [-0.4, -0.2) is 17.9 Å². The fourth-order valence-corrected chi connectivity index (χ4v) is 3.71. The van der Waals surface area contributed by atoms with Gasteiger partial charge >= 0.3 is 5.97 Å². The van der Waals surface area contributed by atoms with Crippen molar-refractivity contribution in [2.45, 2.75) is 77.7 Å². The summed E-state index contributed by atoms with van der Waals surface area (Å²) in [6.07, 6.45) is 15.2. The molecule has 138 valence electrons. The van der Waals surface area contributed by atoms with Gasteiger partial charge in [0.05, 0.1) is 0 Å². The van der Waals surface area contributed by atoms with Crippen molar-refractivity contribution < 1.29 is 14.3 Å². The number of hydrogen-bond acceptors (Lipinski definition) is 3.